The zero-order chi connectivity index (χ0) is 25.0. The fourth-order valence-electron chi connectivity index (χ4n) is 4.81. The van der Waals surface area contributed by atoms with Crippen LogP contribution >= 0.6 is 0 Å². The minimum absolute atomic E-state index is 0.180. The first kappa shape index (κ1) is 25.2. The van der Waals surface area contributed by atoms with Crippen molar-refractivity contribution in [3.05, 3.63) is 87.7 Å². The number of sulfonamides is 1. The zero-order valence-corrected chi connectivity index (χ0v) is 21.6. The van der Waals surface area contributed by atoms with E-state index in [1.54, 1.807) is 17.3 Å². The molecule has 0 aliphatic heterocycles. The van der Waals surface area contributed by atoms with Crippen LogP contribution in [-0.4, -0.2) is 36.8 Å². The van der Waals surface area contributed by atoms with Crippen LogP contribution in [0.15, 0.2) is 53.4 Å². The molecule has 1 aliphatic rings. The van der Waals surface area contributed by atoms with E-state index in [-0.39, 0.29) is 13.2 Å². The summed E-state index contributed by atoms with van der Waals surface area (Å²) in [5, 5.41) is 0. The summed E-state index contributed by atoms with van der Waals surface area (Å²) in [6.45, 7) is 6.27. The van der Waals surface area contributed by atoms with E-state index >= 15 is 0 Å². The van der Waals surface area contributed by atoms with Crippen LogP contribution < -0.4 is 0 Å². The number of carbonyl (C=O) groups is 1. The van der Waals surface area contributed by atoms with Gasteiger partial charge in [0, 0.05) is 18.8 Å². The molecule has 0 bridgehead atoms. The molecule has 35 heavy (non-hydrogen) atoms. The van der Waals surface area contributed by atoms with E-state index < -0.39 is 16.0 Å². The quantitative estimate of drug-likeness (QED) is 0.419. The van der Waals surface area contributed by atoms with E-state index in [9.17, 15) is 13.2 Å². The fourth-order valence-corrected chi connectivity index (χ4v) is 6.27. The normalized spacial score (nSPS) is 13.6. The summed E-state index contributed by atoms with van der Waals surface area (Å²) in [6, 6.07) is 15.5. The molecular weight excluding hydrogens is 460 g/mol. The molecule has 2 aromatic carbocycles. The number of aromatic nitrogens is 1. The topological polar surface area (TPSA) is 79.5 Å². The minimum Gasteiger partial charge on any atom is -0.461 e. The summed E-state index contributed by atoms with van der Waals surface area (Å²) in [5.41, 5.74) is 6.16. The van der Waals surface area contributed by atoms with Gasteiger partial charge in [0.25, 0.3) is 0 Å². The van der Waals surface area contributed by atoms with Crippen molar-refractivity contribution in [1.29, 1.82) is 0 Å². The van der Waals surface area contributed by atoms with Gasteiger partial charge in [0.15, 0.2) is 0 Å². The third-order valence-electron chi connectivity index (χ3n) is 6.86. The molecule has 1 aliphatic carbocycles. The molecule has 0 spiro atoms. The number of fused-ring (bicyclic) bond motifs is 1. The number of esters is 1. The Labute approximate surface area is 208 Å². The Kier molecular flexibility index (Phi) is 7.77. The summed E-state index contributed by atoms with van der Waals surface area (Å²) in [5.74, 6) is -0.423. The van der Waals surface area contributed by atoms with Crippen LogP contribution in [0.5, 0.6) is 0 Å². The molecule has 0 unspecified atom stereocenters. The highest BCUT2D eigenvalue weighted by atomic mass is 32.2. The van der Waals surface area contributed by atoms with Gasteiger partial charge in [-0.25, -0.2) is 13.2 Å². The van der Waals surface area contributed by atoms with Crippen molar-refractivity contribution in [2.24, 2.45) is 0 Å². The van der Waals surface area contributed by atoms with Crippen LogP contribution in [0.3, 0.4) is 0 Å². The van der Waals surface area contributed by atoms with Gasteiger partial charge >= 0.3 is 5.97 Å². The predicted molar refractivity (Wildman–Crippen MR) is 137 cm³/mol. The lowest BCUT2D eigenvalue weighted by Crippen LogP contribution is -2.33. The molecule has 186 valence electrons. The van der Waals surface area contributed by atoms with Gasteiger partial charge in [-0.15, -0.1) is 0 Å². The number of hydrogen-bond donors (Lipinski definition) is 1. The lowest BCUT2D eigenvalue weighted by molar-refractivity contribution is 0.0519. The molecule has 1 aromatic heterocycles. The number of aryl methyl sites for hydroxylation is 3. The predicted octanol–water partition coefficient (Wildman–Crippen LogP) is 5.12. The molecule has 0 amide bonds. The van der Waals surface area contributed by atoms with Gasteiger partial charge in [-0.2, -0.15) is 4.31 Å². The van der Waals surface area contributed by atoms with Gasteiger partial charge in [-0.05, 0) is 92.8 Å². The second-order valence-electron chi connectivity index (χ2n) is 9.16. The Balaban J connectivity index is 1.68. The summed E-state index contributed by atoms with van der Waals surface area (Å²) < 4.78 is 34.6. The molecule has 7 heteroatoms. The van der Waals surface area contributed by atoms with Crippen molar-refractivity contribution in [1.82, 2.24) is 9.29 Å². The lowest BCUT2D eigenvalue weighted by Gasteiger charge is -2.24. The number of nitrogens with zero attached hydrogens (tertiary/aromatic N) is 1. The first-order chi connectivity index (χ1) is 16.8. The maximum Gasteiger partial charge on any atom is 0.355 e. The lowest BCUT2D eigenvalue weighted by atomic mass is 9.92. The Bertz CT molecular complexity index is 1300. The van der Waals surface area contributed by atoms with E-state index in [1.165, 1.54) is 5.56 Å². The smallest absolute Gasteiger partial charge is 0.355 e. The van der Waals surface area contributed by atoms with Gasteiger partial charge in [0.05, 0.1) is 11.5 Å². The maximum absolute atomic E-state index is 13.9. The van der Waals surface area contributed by atoms with Crippen LogP contribution in [0.1, 0.15) is 63.8 Å². The summed E-state index contributed by atoms with van der Waals surface area (Å²) >= 11 is 0. The molecule has 1 N–H and O–H groups in total. The Morgan fingerprint density at radius 1 is 1.03 bits per heavy atom. The number of carbonyl (C=O) groups excluding carboxylic acids is 1. The molecule has 0 atom stereocenters. The number of rotatable bonds is 9. The number of hydrogen-bond acceptors (Lipinski definition) is 4. The van der Waals surface area contributed by atoms with Crippen molar-refractivity contribution in [3.63, 3.8) is 0 Å². The second kappa shape index (κ2) is 10.8. The molecule has 0 fully saturated rings. The molecular formula is C28H34N2O4S. The molecule has 0 saturated carbocycles. The first-order valence-electron chi connectivity index (χ1n) is 12.3. The SMILES string of the molecule is CCOC(=O)c1[nH]c(C)c(CN(CCc2ccccc2)S(=O)(=O)c2ccc3c(c2)CCCC3)c1C. The number of H-pyrrole nitrogens is 1. The maximum atomic E-state index is 13.9. The molecule has 0 radical (unpaired) electrons. The summed E-state index contributed by atoms with van der Waals surface area (Å²) in [6.07, 6.45) is 4.76. The Hall–Kier alpha value is -2.90. The van der Waals surface area contributed by atoms with Gasteiger partial charge < -0.3 is 9.72 Å². The van der Waals surface area contributed by atoms with E-state index in [4.69, 9.17) is 4.74 Å². The Morgan fingerprint density at radius 3 is 2.46 bits per heavy atom. The van der Waals surface area contributed by atoms with Crippen molar-refractivity contribution in [2.75, 3.05) is 13.2 Å². The first-order valence-corrected chi connectivity index (χ1v) is 13.8. The monoisotopic (exact) mass is 494 g/mol. The van der Waals surface area contributed by atoms with Gasteiger partial charge in [-0.1, -0.05) is 36.4 Å². The van der Waals surface area contributed by atoms with Crippen LogP contribution in [0.25, 0.3) is 0 Å². The highest BCUT2D eigenvalue weighted by Crippen LogP contribution is 2.28. The van der Waals surface area contributed by atoms with Crippen molar-refractivity contribution in [3.8, 4) is 0 Å². The van der Waals surface area contributed by atoms with E-state index in [2.05, 4.69) is 4.98 Å². The molecule has 3 aromatic rings. The standard InChI is InChI=1S/C28H34N2O4S/c1-4-34-28(31)27-20(2)26(21(3)29-27)19-30(17-16-22-10-6-5-7-11-22)35(32,33)25-15-14-23-12-8-9-13-24(23)18-25/h5-7,10-11,14-15,18,29H,4,8-9,12-13,16-17,19H2,1-3H3. The summed E-state index contributed by atoms with van der Waals surface area (Å²) in [4.78, 5) is 15.8. The van der Waals surface area contributed by atoms with Crippen LogP contribution in [-0.2, 0) is 40.6 Å². The van der Waals surface area contributed by atoms with Crippen LogP contribution in [0.4, 0.5) is 0 Å². The van der Waals surface area contributed by atoms with E-state index in [1.807, 2.05) is 56.3 Å². The molecule has 0 saturated heterocycles. The van der Waals surface area contributed by atoms with Crippen molar-refractivity contribution < 1.29 is 17.9 Å². The van der Waals surface area contributed by atoms with Gasteiger partial charge in [0.2, 0.25) is 10.0 Å². The Morgan fingerprint density at radius 2 is 1.74 bits per heavy atom. The number of aromatic amines is 1. The zero-order valence-electron chi connectivity index (χ0n) is 20.8. The number of nitrogens with one attached hydrogen (secondary N) is 1. The van der Waals surface area contributed by atoms with Gasteiger partial charge in [-0.3, -0.25) is 0 Å². The fraction of sp³-hybridized carbons (Fsp3) is 0.393. The number of ether oxygens (including phenoxy) is 1. The van der Waals surface area contributed by atoms with Gasteiger partial charge in [0.1, 0.15) is 5.69 Å². The van der Waals surface area contributed by atoms with Crippen LogP contribution in [0.2, 0.25) is 0 Å². The van der Waals surface area contributed by atoms with E-state index in [0.717, 1.165) is 53.6 Å². The van der Waals surface area contributed by atoms with Crippen molar-refractivity contribution in [2.45, 2.75) is 64.3 Å². The van der Waals surface area contributed by atoms with E-state index in [0.29, 0.717) is 23.6 Å². The third kappa shape index (κ3) is 5.52. The van der Waals surface area contributed by atoms with Crippen LogP contribution in [0, 0.1) is 13.8 Å². The second-order valence-corrected chi connectivity index (χ2v) is 11.1. The number of benzene rings is 2. The molecule has 1 heterocycles. The highest BCUT2D eigenvalue weighted by molar-refractivity contribution is 7.89. The summed E-state index contributed by atoms with van der Waals surface area (Å²) in [7, 11) is -3.75. The third-order valence-corrected chi connectivity index (χ3v) is 8.70. The average Bonchev–Trinajstić information content (AvgIpc) is 3.15. The highest BCUT2D eigenvalue weighted by Gasteiger charge is 2.28. The molecule has 4 rings (SSSR count). The average molecular weight is 495 g/mol. The minimum atomic E-state index is -3.75. The molecule has 6 nitrogen and oxygen atoms in total. The largest absolute Gasteiger partial charge is 0.461 e. The van der Waals surface area contributed by atoms with Crippen molar-refractivity contribution >= 4 is 16.0 Å².